The third-order valence-electron chi connectivity index (χ3n) is 2.91. The quantitative estimate of drug-likeness (QED) is 0.651. The highest BCUT2D eigenvalue weighted by Crippen LogP contribution is 2.36. The summed E-state index contributed by atoms with van der Waals surface area (Å²) in [5, 5.41) is 0.420. The van der Waals surface area contributed by atoms with Crippen LogP contribution in [0.4, 0.5) is 0 Å². The molecule has 0 amide bonds. The van der Waals surface area contributed by atoms with Gasteiger partial charge in [-0.15, -0.1) is 8.58 Å². The van der Waals surface area contributed by atoms with Gasteiger partial charge in [0.15, 0.2) is 0 Å². The standard InChI is InChI=1S/C17H21P/c1-17(2,3)18-13-15-11-7-8-12-16(15)14-9-5-4-6-10-14/h4-12,18H,13H2,1-3H3. The summed E-state index contributed by atoms with van der Waals surface area (Å²) in [5.41, 5.74) is 4.18. The molecule has 1 unspecified atom stereocenters. The van der Waals surface area contributed by atoms with Crippen LogP contribution < -0.4 is 0 Å². The Morgan fingerprint density at radius 2 is 1.44 bits per heavy atom. The highest BCUT2D eigenvalue weighted by Gasteiger charge is 2.11. The third kappa shape index (κ3) is 3.68. The zero-order valence-electron chi connectivity index (χ0n) is 11.4. The first-order valence-electron chi connectivity index (χ1n) is 6.45. The topological polar surface area (TPSA) is 0 Å². The van der Waals surface area contributed by atoms with Gasteiger partial charge in [0.2, 0.25) is 0 Å². The van der Waals surface area contributed by atoms with Crippen LogP contribution in [0.1, 0.15) is 26.3 Å². The molecule has 0 fully saturated rings. The van der Waals surface area contributed by atoms with Gasteiger partial charge in [0.05, 0.1) is 0 Å². The van der Waals surface area contributed by atoms with Gasteiger partial charge in [-0.05, 0) is 28.0 Å². The van der Waals surface area contributed by atoms with Crippen LogP contribution >= 0.6 is 8.58 Å². The van der Waals surface area contributed by atoms with E-state index in [0.717, 1.165) is 8.58 Å². The number of hydrogen-bond acceptors (Lipinski definition) is 0. The van der Waals surface area contributed by atoms with Crippen molar-refractivity contribution in [1.82, 2.24) is 0 Å². The largest absolute Gasteiger partial charge is 0.112 e. The molecular formula is C17H21P. The molecule has 0 aliphatic rings. The Balaban J connectivity index is 2.27. The summed E-state index contributed by atoms with van der Waals surface area (Å²) in [6.45, 7) is 6.95. The molecule has 18 heavy (non-hydrogen) atoms. The van der Waals surface area contributed by atoms with Crippen molar-refractivity contribution in [3.05, 3.63) is 60.2 Å². The molecule has 0 heterocycles. The Labute approximate surface area is 112 Å². The normalized spacial score (nSPS) is 12.2. The Bertz CT molecular complexity index is 495. The van der Waals surface area contributed by atoms with E-state index in [-0.39, 0.29) is 0 Å². The van der Waals surface area contributed by atoms with Crippen molar-refractivity contribution in [3.8, 4) is 11.1 Å². The van der Waals surface area contributed by atoms with E-state index in [1.807, 2.05) is 0 Å². The van der Waals surface area contributed by atoms with Gasteiger partial charge in [-0.2, -0.15) is 0 Å². The lowest BCUT2D eigenvalue weighted by atomic mass is 10.0. The second kappa shape index (κ2) is 5.67. The van der Waals surface area contributed by atoms with Crippen LogP contribution in [-0.2, 0) is 6.16 Å². The van der Waals surface area contributed by atoms with Crippen molar-refractivity contribution in [2.45, 2.75) is 32.1 Å². The molecule has 0 spiro atoms. The summed E-state index contributed by atoms with van der Waals surface area (Å²) in [6.07, 6.45) is 1.18. The van der Waals surface area contributed by atoms with Gasteiger partial charge < -0.3 is 0 Å². The van der Waals surface area contributed by atoms with E-state index in [1.165, 1.54) is 22.9 Å². The maximum absolute atomic E-state index is 2.32. The molecule has 0 bridgehead atoms. The molecule has 0 saturated heterocycles. The van der Waals surface area contributed by atoms with Gasteiger partial charge in [-0.3, -0.25) is 0 Å². The van der Waals surface area contributed by atoms with Crippen LogP contribution in [0.5, 0.6) is 0 Å². The van der Waals surface area contributed by atoms with Crippen LogP contribution in [-0.4, -0.2) is 5.16 Å². The van der Waals surface area contributed by atoms with E-state index >= 15 is 0 Å². The van der Waals surface area contributed by atoms with Crippen molar-refractivity contribution >= 4 is 8.58 Å². The van der Waals surface area contributed by atoms with Crippen LogP contribution in [0.25, 0.3) is 11.1 Å². The Morgan fingerprint density at radius 3 is 2.11 bits per heavy atom. The van der Waals surface area contributed by atoms with Crippen LogP contribution in [0.2, 0.25) is 0 Å². The molecule has 2 aromatic rings. The fourth-order valence-electron chi connectivity index (χ4n) is 1.93. The highest BCUT2D eigenvalue weighted by atomic mass is 31.1. The predicted molar refractivity (Wildman–Crippen MR) is 83.7 cm³/mol. The second-order valence-electron chi connectivity index (χ2n) is 5.63. The first kappa shape index (κ1) is 13.3. The van der Waals surface area contributed by atoms with E-state index in [9.17, 15) is 0 Å². The lowest BCUT2D eigenvalue weighted by Crippen LogP contribution is -2.05. The number of benzene rings is 2. The smallest absolute Gasteiger partial charge is 0.00897 e. The summed E-state index contributed by atoms with van der Waals surface area (Å²) in [7, 11) is 0.960. The SMILES string of the molecule is CC(C)(C)PCc1ccccc1-c1ccccc1. The lowest BCUT2D eigenvalue weighted by Gasteiger charge is -2.19. The van der Waals surface area contributed by atoms with Crippen molar-refractivity contribution in [2.75, 3.05) is 0 Å². The Kier molecular flexibility index (Phi) is 4.19. The van der Waals surface area contributed by atoms with Crippen molar-refractivity contribution in [3.63, 3.8) is 0 Å². The molecule has 0 aromatic heterocycles. The Morgan fingerprint density at radius 1 is 0.833 bits per heavy atom. The molecule has 2 rings (SSSR count). The fourth-order valence-corrected chi connectivity index (χ4v) is 2.96. The molecular weight excluding hydrogens is 235 g/mol. The molecule has 2 aromatic carbocycles. The second-order valence-corrected chi connectivity index (χ2v) is 7.83. The maximum atomic E-state index is 2.32. The molecule has 0 radical (unpaired) electrons. The fraction of sp³-hybridized carbons (Fsp3) is 0.294. The molecule has 0 aliphatic carbocycles. The average molecular weight is 256 g/mol. The van der Waals surface area contributed by atoms with Gasteiger partial charge >= 0.3 is 0 Å². The first-order valence-corrected chi connectivity index (χ1v) is 7.65. The molecule has 0 aliphatic heterocycles. The van der Waals surface area contributed by atoms with E-state index in [0.29, 0.717) is 5.16 Å². The van der Waals surface area contributed by atoms with Gasteiger partial charge in [0.1, 0.15) is 0 Å². The van der Waals surface area contributed by atoms with E-state index in [2.05, 4.69) is 75.4 Å². The molecule has 94 valence electrons. The van der Waals surface area contributed by atoms with Crippen molar-refractivity contribution in [1.29, 1.82) is 0 Å². The summed E-state index contributed by atoms with van der Waals surface area (Å²) in [6, 6.07) is 19.5. The monoisotopic (exact) mass is 256 g/mol. The van der Waals surface area contributed by atoms with E-state index < -0.39 is 0 Å². The summed E-state index contributed by atoms with van der Waals surface area (Å²) in [4.78, 5) is 0. The minimum Gasteiger partial charge on any atom is -0.112 e. The number of rotatable bonds is 3. The lowest BCUT2D eigenvalue weighted by molar-refractivity contribution is 0.792. The Hall–Kier alpha value is -1.13. The van der Waals surface area contributed by atoms with E-state index in [4.69, 9.17) is 0 Å². The molecule has 0 nitrogen and oxygen atoms in total. The van der Waals surface area contributed by atoms with Crippen LogP contribution in [0, 0.1) is 0 Å². The zero-order valence-corrected chi connectivity index (χ0v) is 12.4. The van der Waals surface area contributed by atoms with Crippen molar-refractivity contribution in [2.24, 2.45) is 0 Å². The summed E-state index contributed by atoms with van der Waals surface area (Å²) >= 11 is 0. The minimum absolute atomic E-state index is 0.420. The first-order chi connectivity index (χ1) is 8.56. The average Bonchev–Trinajstić information content (AvgIpc) is 2.37. The zero-order chi connectivity index (χ0) is 13.0. The van der Waals surface area contributed by atoms with Crippen LogP contribution in [0.3, 0.4) is 0 Å². The molecule has 0 N–H and O–H groups in total. The summed E-state index contributed by atoms with van der Waals surface area (Å²) < 4.78 is 0. The minimum atomic E-state index is 0.420. The predicted octanol–water partition coefficient (Wildman–Crippen LogP) is 5.33. The van der Waals surface area contributed by atoms with E-state index in [1.54, 1.807) is 0 Å². The molecule has 0 saturated carbocycles. The molecule has 1 atom stereocenters. The molecule has 1 heteroatoms. The van der Waals surface area contributed by atoms with Gasteiger partial charge in [0.25, 0.3) is 0 Å². The van der Waals surface area contributed by atoms with Gasteiger partial charge in [-0.25, -0.2) is 0 Å². The van der Waals surface area contributed by atoms with Crippen LogP contribution in [0.15, 0.2) is 54.6 Å². The van der Waals surface area contributed by atoms with Crippen molar-refractivity contribution < 1.29 is 0 Å². The van der Waals surface area contributed by atoms with Gasteiger partial charge in [-0.1, -0.05) is 75.4 Å². The third-order valence-corrected chi connectivity index (χ3v) is 4.53. The highest BCUT2D eigenvalue weighted by molar-refractivity contribution is 7.39. The maximum Gasteiger partial charge on any atom is -0.00897 e. The number of hydrogen-bond donors (Lipinski definition) is 0. The van der Waals surface area contributed by atoms with Gasteiger partial charge in [0, 0.05) is 0 Å². The summed E-state index contributed by atoms with van der Waals surface area (Å²) in [5.74, 6) is 0.